The topological polar surface area (TPSA) is 56.0 Å². The zero-order valence-electron chi connectivity index (χ0n) is 5.70. The third-order valence-corrected chi connectivity index (χ3v) is 1.08. The normalized spacial score (nSPS) is 9.70. The highest BCUT2D eigenvalue weighted by Gasteiger charge is 2.01. The number of hydrogen-bond donors (Lipinski definition) is 0. The highest BCUT2D eigenvalue weighted by atomic mass is 16.5. The smallest absolute Gasteiger partial charge is 0.226 e. The lowest BCUT2D eigenvalue weighted by Gasteiger charge is -1.77. The number of nitrogens with zero attached hydrogens (tertiary/aromatic N) is 2. The van der Waals surface area contributed by atoms with Gasteiger partial charge in [0.25, 0.3) is 0 Å². The maximum absolute atomic E-state index is 9.95. The molecule has 4 nitrogen and oxygen atoms in total. The van der Waals surface area contributed by atoms with Gasteiger partial charge < -0.3 is 9.32 Å². The number of rotatable bonds is 3. The minimum atomic E-state index is 0.240. The number of aryl methyl sites for hydroxylation is 1. The Bertz CT molecular complexity index is 219. The number of aldehydes is 1. The molecule has 1 aromatic heterocycles. The molecule has 0 aliphatic carbocycles. The van der Waals surface area contributed by atoms with Crippen LogP contribution in [0.4, 0.5) is 0 Å². The number of carbonyl (C=O) groups is 1. The molecule has 0 bridgehead atoms. The van der Waals surface area contributed by atoms with E-state index in [0.29, 0.717) is 18.1 Å². The number of carbonyl (C=O) groups excluding carboxylic acids is 1. The Labute approximate surface area is 58.2 Å². The van der Waals surface area contributed by atoms with Crippen LogP contribution in [0.25, 0.3) is 0 Å². The molecule has 0 atom stereocenters. The van der Waals surface area contributed by atoms with E-state index in [9.17, 15) is 4.79 Å². The van der Waals surface area contributed by atoms with Gasteiger partial charge in [-0.1, -0.05) is 12.1 Å². The van der Waals surface area contributed by atoms with E-state index < -0.39 is 0 Å². The van der Waals surface area contributed by atoms with Crippen molar-refractivity contribution in [3.8, 4) is 0 Å². The van der Waals surface area contributed by atoms with Gasteiger partial charge in [0.05, 0.1) is 6.42 Å². The molecule has 10 heavy (non-hydrogen) atoms. The first kappa shape index (κ1) is 6.92. The van der Waals surface area contributed by atoms with Crippen LogP contribution in [0, 0.1) is 0 Å². The van der Waals surface area contributed by atoms with Crippen LogP contribution in [0.15, 0.2) is 4.52 Å². The third kappa shape index (κ3) is 1.40. The lowest BCUT2D eigenvalue weighted by atomic mass is 10.4. The average Bonchev–Trinajstić information content (AvgIpc) is 2.37. The van der Waals surface area contributed by atoms with Crippen LogP contribution in [-0.4, -0.2) is 16.4 Å². The van der Waals surface area contributed by atoms with Crippen molar-refractivity contribution < 1.29 is 9.32 Å². The van der Waals surface area contributed by atoms with E-state index >= 15 is 0 Å². The van der Waals surface area contributed by atoms with Crippen molar-refractivity contribution in [3.63, 3.8) is 0 Å². The fourth-order valence-corrected chi connectivity index (χ4v) is 0.591. The van der Waals surface area contributed by atoms with E-state index in [1.54, 1.807) is 0 Å². The Balaban J connectivity index is 2.67. The molecule has 0 unspecified atom stereocenters. The number of hydrogen-bond acceptors (Lipinski definition) is 4. The molecule has 0 radical (unpaired) electrons. The second kappa shape index (κ2) is 3.10. The first-order valence-electron chi connectivity index (χ1n) is 3.12. The van der Waals surface area contributed by atoms with E-state index in [1.807, 2.05) is 6.92 Å². The molecule has 0 saturated heterocycles. The van der Waals surface area contributed by atoms with Gasteiger partial charge in [0.2, 0.25) is 5.89 Å². The van der Waals surface area contributed by atoms with Crippen molar-refractivity contribution in [3.05, 3.63) is 11.7 Å². The summed E-state index contributed by atoms with van der Waals surface area (Å²) in [4.78, 5) is 13.9. The molecule has 0 N–H and O–H groups in total. The van der Waals surface area contributed by atoms with Gasteiger partial charge in [-0.25, -0.2) is 0 Å². The maximum atomic E-state index is 9.95. The Morgan fingerprint density at radius 1 is 1.70 bits per heavy atom. The zero-order chi connectivity index (χ0) is 7.40. The minimum Gasteiger partial charge on any atom is -0.339 e. The zero-order valence-corrected chi connectivity index (χ0v) is 5.70. The van der Waals surface area contributed by atoms with E-state index in [0.717, 1.165) is 6.29 Å². The van der Waals surface area contributed by atoms with Gasteiger partial charge in [-0.2, -0.15) is 4.98 Å². The Morgan fingerprint density at radius 3 is 3.00 bits per heavy atom. The molecule has 1 aromatic rings. The maximum Gasteiger partial charge on any atom is 0.226 e. The Morgan fingerprint density at radius 2 is 2.50 bits per heavy atom. The first-order chi connectivity index (χ1) is 4.86. The summed E-state index contributed by atoms with van der Waals surface area (Å²) in [6.07, 6.45) is 1.71. The second-order valence-electron chi connectivity index (χ2n) is 1.83. The van der Waals surface area contributed by atoms with Gasteiger partial charge in [-0.15, -0.1) is 0 Å². The molecule has 0 spiro atoms. The van der Waals surface area contributed by atoms with Crippen LogP contribution in [0.2, 0.25) is 0 Å². The summed E-state index contributed by atoms with van der Waals surface area (Å²) >= 11 is 0. The van der Waals surface area contributed by atoms with Gasteiger partial charge in [-0.05, 0) is 0 Å². The molecule has 0 aromatic carbocycles. The molecular weight excluding hydrogens is 132 g/mol. The summed E-state index contributed by atoms with van der Waals surface area (Å²) < 4.78 is 4.75. The molecule has 54 valence electrons. The van der Waals surface area contributed by atoms with Gasteiger partial charge >= 0.3 is 0 Å². The summed E-state index contributed by atoms with van der Waals surface area (Å²) in [5.74, 6) is 1.05. The fraction of sp³-hybridized carbons (Fsp3) is 0.500. The van der Waals surface area contributed by atoms with E-state index in [1.165, 1.54) is 0 Å². The van der Waals surface area contributed by atoms with E-state index in [-0.39, 0.29) is 6.42 Å². The van der Waals surface area contributed by atoms with Crippen LogP contribution >= 0.6 is 0 Å². The highest BCUT2D eigenvalue weighted by molar-refractivity contribution is 5.52. The lowest BCUT2D eigenvalue weighted by molar-refractivity contribution is -0.107. The monoisotopic (exact) mass is 140 g/mol. The predicted molar refractivity (Wildman–Crippen MR) is 33.4 cm³/mol. The molecule has 1 heterocycles. The predicted octanol–water partition coefficient (Wildman–Crippen LogP) is 0.373. The van der Waals surface area contributed by atoms with Crippen molar-refractivity contribution in [2.24, 2.45) is 0 Å². The standard InChI is InChI=1S/C6H8N2O2/c1-2-6-7-5(3-4-9)8-10-6/h4H,2-3H2,1H3. The second-order valence-corrected chi connectivity index (χ2v) is 1.83. The van der Waals surface area contributed by atoms with Crippen molar-refractivity contribution >= 4 is 6.29 Å². The van der Waals surface area contributed by atoms with Gasteiger partial charge in [-0.3, -0.25) is 0 Å². The average molecular weight is 140 g/mol. The molecule has 0 aliphatic rings. The lowest BCUT2D eigenvalue weighted by Crippen LogP contribution is -1.88. The van der Waals surface area contributed by atoms with E-state index in [4.69, 9.17) is 4.52 Å². The summed E-state index contributed by atoms with van der Waals surface area (Å²) in [5.41, 5.74) is 0. The molecule has 0 saturated carbocycles. The number of aromatic nitrogens is 2. The summed E-state index contributed by atoms with van der Waals surface area (Å²) in [7, 11) is 0. The molecule has 0 amide bonds. The van der Waals surface area contributed by atoms with Crippen LogP contribution < -0.4 is 0 Å². The van der Waals surface area contributed by atoms with E-state index in [2.05, 4.69) is 10.1 Å². The fourth-order valence-electron chi connectivity index (χ4n) is 0.591. The van der Waals surface area contributed by atoms with Crippen LogP contribution in [0.5, 0.6) is 0 Å². The molecule has 1 rings (SSSR count). The summed E-state index contributed by atoms with van der Waals surface area (Å²) in [6.45, 7) is 1.91. The van der Waals surface area contributed by atoms with Crippen molar-refractivity contribution in [2.75, 3.05) is 0 Å². The van der Waals surface area contributed by atoms with Crippen LogP contribution in [0.3, 0.4) is 0 Å². The van der Waals surface area contributed by atoms with Crippen molar-refractivity contribution in [1.82, 2.24) is 10.1 Å². The van der Waals surface area contributed by atoms with Crippen LogP contribution in [0.1, 0.15) is 18.6 Å². The molecule has 0 aliphatic heterocycles. The van der Waals surface area contributed by atoms with Gasteiger partial charge in [0.1, 0.15) is 6.29 Å². The Kier molecular flexibility index (Phi) is 2.15. The van der Waals surface area contributed by atoms with Crippen LogP contribution in [-0.2, 0) is 17.6 Å². The molecule has 4 heteroatoms. The first-order valence-corrected chi connectivity index (χ1v) is 3.12. The summed E-state index contributed by atoms with van der Waals surface area (Å²) in [5, 5.41) is 3.56. The summed E-state index contributed by atoms with van der Waals surface area (Å²) in [6, 6.07) is 0. The van der Waals surface area contributed by atoms with Gasteiger partial charge in [0, 0.05) is 6.42 Å². The molecule has 0 fully saturated rings. The van der Waals surface area contributed by atoms with Gasteiger partial charge in [0.15, 0.2) is 5.82 Å². The van der Waals surface area contributed by atoms with Crippen molar-refractivity contribution in [2.45, 2.75) is 19.8 Å². The third-order valence-electron chi connectivity index (χ3n) is 1.08. The quantitative estimate of drug-likeness (QED) is 0.569. The largest absolute Gasteiger partial charge is 0.339 e. The SMILES string of the molecule is CCc1nc(CC=O)no1. The highest BCUT2D eigenvalue weighted by Crippen LogP contribution is 1.96. The Hall–Kier alpha value is -1.19. The molecular formula is C6H8N2O2. The minimum absolute atomic E-state index is 0.240. The van der Waals surface area contributed by atoms with Crippen molar-refractivity contribution in [1.29, 1.82) is 0 Å².